The topological polar surface area (TPSA) is 18.5 Å². The minimum atomic E-state index is -0.167. The second-order valence-electron chi connectivity index (χ2n) is 21.3. The van der Waals surface area contributed by atoms with Crippen molar-refractivity contribution in [2.75, 3.05) is 0 Å². The van der Waals surface area contributed by atoms with Gasteiger partial charge in [0.1, 0.15) is 22.7 Å². The third kappa shape index (κ3) is 6.22. The molecule has 9 aromatic rings. The molecule has 0 radical (unpaired) electrons. The molecule has 4 atom stereocenters. The zero-order valence-electron chi connectivity index (χ0n) is 39.8. The summed E-state index contributed by atoms with van der Waals surface area (Å²) in [5.74, 6) is 2.11. The molecule has 334 valence electrons. The predicted octanol–water partition coefficient (Wildman–Crippen LogP) is 18.0. The van der Waals surface area contributed by atoms with Crippen LogP contribution in [0.25, 0.3) is 88.3 Å². The van der Waals surface area contributed by atoms with Crippen molar-refractivity contribution >= 4 is 21.5 Å². The van der Waals surface area contributed by atoms with Crippen molar-refractivity contribution in [1.29, 1.82) is 0 Å². The second kappa shape index (κ2) is 15.3. The maximum atomic E-state index is 6.82. The molecule has 9 aromatic carbocycles. The molecule has 0 aromatic heterocycles. The van der Waals surface area contributed by atoms with E-state index in [4.69, 9.17) is 9.47 Å². The number of benzene rings is 9. The molecule has 0 N–H and O–H groups in total. The number of hydrogen-bond donors (Lipinski definition) is 0. The fourth-order valence-electron chi connectivity index (χ4n) is 13.2. The van der Waals surface area contributed by atoms with Gasteiger partial charge in [0.2, 0.25) is 0 Å². The highest BCUT2D eigenvalue weighted by molar-refractivity contribution is 6.22. The van der Waals surface area contributed by atoms with Crippen LogP contribution < -0.4 is 9.47 Å². The van der Waals surface area contributed by atoms with Crippen LogP contribution in [0, 0.1) is 0 Å². The van der Waals surface area contributed by atoms with Crippen LogP contribution in [0.4, 0.5) is 0 Å². The van der Waals surface area contributed by atoms with Gasteiger partial charge in [-0.2, -0.15) is 0 Å². The van der Waals surface area contributed by atoms with Crippen LogP contribution in [0.1, 0.15) is 90.2 Å². The largest absolute Gasteiger partial charge is 0.486 e. The Bertz CT molecular complexity index is 3210. The predicted molar refractivity (Wildman–Crippen MR) is 284 cm³/mol. The first-order valence-electron chi connectivity index (χ1n) is 25.1. The summed E-state index contributed by atoms with van der Waals surface area (Å²) >= 11 is 0. The van der Waals surface area contributed by atoms with Crippen molar-refractivity contribution in [3.8, 4) is 78.3 Å². The summed E-state index contributed by atoms with van der Waals surface area (Å²) in [5.41, 5.74) is 17.1. The summed E-state index contributed by atoms with van der Waals surface area (Å²) in [5, 5.41) is 5.00. The fourth-order valence-corrected chi connectivity index (χ4v) is 13.2. The molecular formula is C66H58O2. The Morgan fingerprint density at radius 1 is 0.294 bits per heavy atom. The van der Waals surface area contributed by atoms with Gasteiger partial charge in [-0.3, -0.25) is 0 Å². The molecule has 13 rings (SSSR count). The number of ether oxygens (including phenoxy) is 2. The molecule has 2 aliphatic carbocycles. The number of rotatable bonds is 6. The highest BCUT2D eigenvalue weighted by Gasteiger charge is 2.56. The molecule has 0 saturated heterocycles. The van der Waals surface area contributed by atoms with E-state index < -0.39 is 0 Å². The average Bonchev–Trinajstić information content (AvgIpc) is 3.77. The normalized spacial score (nSPS) is 23.6. The van der Waals surface area contributed by atoms with E-state index in [2.05, 4.69) is 210 Å². The van der Waals surface area contributed by atoms with E-state index in [1.165, 1.54) is 125 Å². The van der Waals surface area contributed by atoms with E-state index in [9.17, 15) is 0 Å². The Kier molecular flexibility index (Phi) is 9.30. The lowest BCUT2D eigenvalue weighted by atomic mass is 9.63. The van der Waals surface area contributed by atoms with Crippen molar-refractivity contribution in [2.45, 2.75) is 101 Å². The number of fused-ring (bicyclic) bond motifs is 8. The van der Waals surface area contributed by atoms with Crippen molar-refractivity contribution in [3.63, 3.8) is 0 Å². The summed E-state index contributed by atoms with van der Waals surface area (Å²) in [4.78, 5) is 0. The van der Waals surface area contributed by atoms with Crippen LogP contribution in [0.3, 0.4) is 0 Å². The molecule has 0 amide bonds. The summed E-state index contributed by atoms with van der Waals surface area (Å²) in [6.07, 6.45) is 9.43. The monoisotopic (exact) mass is 882 g/mol. The SMILES string of the molecule is CC12CCCCC1(C)c1cc(-c3ccc4c(-c5ccc(-c6ccccc6)cc5)c5cc(-c6ccc7c(c6)C6(C)CCCCC6(C)O7)ccc5c(-c5ccc(-c6ccccc6)cc5)c4c3)ccc1O2. The van der Waals surface area contributed by atoms with E-state index in [1.54, 1.807) is 0 Å². The van der Waals surface area contributed by atoms with E-state index >= 15 is 0 Å². The molecule has 2 aliphatic heterocycles. The third-order valence-corrected chi connectivity index (χ3v) is 17.7. The first kappa shape index (κ1) is 41.3. The van der Waals surface area contributed by atoms with E-state index in [-0.39, 0.29) is 22.0 Å². The van der Waals surface area contributed by atoms with E-state index in [0.717, 1.165) is 37.2 Å². The molecule has 2 heterocycles. The quantitative estimate of drug-likeness (QED) is 0.155. The lowest BCUT2D eigenvalue weighted by molar-refractivity contribution is 0.00727. The molecule has 2 heteroatoms. The lowest BCUT2D eigenvalue weighted by Gasteiger charge is -2.43. The highest BCUT2D eigenvalue weighted by atomic mass is 16.5. The molecule has 2 saturated carbocycles. The van der Waals surface area contributed by atoms with Gasteiger partial charge >= 0.3 is 0 Å². The molecule has 0 bridgehead atoms. The van der Waals surface area contributed by atoms with Crippen molar-refractivity contribution < 1.29 is 9.47 Å². The average molecular weight is 883 g/mol. The highest BCUT2D eigenvalue weighted by Crippen LogP contribution is 2.59. The van der Waals surface area contributed by atoms with Gasteiger partial charge in [-0.1, -0.05) is 172 Å². The Labute approximate surface area is 401 Å². The van der Waals surface area contributed by atoms with Gasteiger partial charge in [-0.05, 0) is 177 Å². The van der Waals surface area contributed by atoms with Gasteiger partial charge in [-0.15, -0.1) is 0 Å². The summed E-state index contributed by atoms with van der Waals surface area (Å²) < 4.78 is 13.6. The maximum absolute atomic E-state index is 6.82. The zero-order chi connectivity index (χ0) is 45.8. The third-order valence-electron chi connectivity index (χ3n) is 17.7. The Morgan fingerprint density at radius 3 is 1.03 bits per heavy atom. The molecule has 68 heavy (non-hydrogen) atoms. The minimum absolute atomic E-state index is 0.00820. The van der Waals surface area contributed by atoms with Crippen LogP contribution in [0.15, 0.2) is 182 Å². The van der Waals surface area contributed by atoms with Crippen LogP contribution in [0.2, 0.25) is 0 Å². The van der Waals surface area contributed by atoms with Crippen LogP contribution >= 0.6 is 0 Å². The first-order valence-corrected chi connectivity index (χ1v) is 25.1. The maximum Gasteiger partial charge on any atom is 0.124 e. The Morgan fingerprint density at radius 2 is 0.618 bits per heavy atom. The molecule has 2 nitrogen and oxygen atoms in total. The summed E-state index contributed by atoms with van der Waals surface area (Å²) in [6.45, 7) is 9.57. The van der Waals surface area contributed by atoms with Gasteiger partial charge in [0.25, 0.3) is 0 Å². The second-order valence-corrected chi connectivity index (χ2v) is 21.3. The standard InChI is InChI=1S/C66H58O2/c1-63-35-11-13-37-65(63,3)67-59-33-29-51(41-57(59)63)49-27-31-53-55(39-49)61(47-23-19-45(20-24-47)43-15-7-5-8-16-43)54-32-28-50(52-30-34-60-58(42-52)64(2)36-12-14-38-66(64,4)68-60)40-56(54)62(53)48-25-21-46(22-26-48)44-17-9-6-10-18-44/h5-10,15-34,39-42H,11-14,35-38H2,1-4H3. The van der Waals surface area contributed by atoms with Crippen molar-refractivity contribution in [1.82, 2.24) is 0 Å². The van der Waals surface area contributed by atoms with Crippen LogP contribution in [-0.2, 0) is 10.8 Å². The van der Waals surface area contributed by atoms with Gasteiger partial charge in [-0.25, -0.2) is 0 Å². The van der Waals surface area contributed by atoms with Crippen LogP contribution in [0.5, 0.6) is 11.5 Å². The minimum Gasteiger partial charge on any atom is -0.486 e. The first-order chi connectivity index (χ1) is 33.1. The number of hydrogen-bond acceptors (Lipinski definition) is 2. The molecule has 4 unspecified atom stereocenters. The molecule has 0 spiro atoms. The summed E-state index contributed by atoms with van der Waals surface area (Å²) in [6, 6.07) is 68.5. The zero-order valence-corrected chi connectivity index (χ0v) is 39.8. The van der Waals surface area contributed by atoms with Gasteiger partial charge in [0.15, 0.2) is 0 Å². The molecular weight excluding hydrogens is 825 g/mol. The van der Waals surface area contributed by atoms with E-state index in [0.29, 0.717) is 0 Å². The summed E-state index contributed by atoms with van der Waals surface area (Å²) in [7, 11) is 0. The molecule has 2 fully saturated rings. The van der Waals surface area contributed by atoms with Crippen LogP contribution in [-0.4, -0.2) is 11.2 Å². The smallest absolute Gasteiger partial charge is 0.124 e. The fraction of sp³-hybridized carbons (Fsp3) is 0.242. The van der Waals surface area contributed by atoms with Gasteiger partial charge in [0.05, 0.1) is 0 Å². The lowest BCUT2D eigenvalue weighted by Crippen LogP contribution is -2.49. The van der Waals surface area contributed by atoms with Gasteiger partial charge in [0, 0.05) is 22.0 Å². The molecule has 4 aliphatic rings. The van der Waals surface area contributed by atoms with Crippen molar-refractivity contribution in [2.24, 2.45) is 0 Å². The Balaban J connectivity index is 1.05. The Hall–Kier alpha value is -6.90. The van der Waals surface area contributed by atoms with E-state index in [1.807, 2.05) is 0 Å². The van der Waals surface area contributed by atoms with Gasteiger partial charge < -0.3 is 9.47 Å². The van der Waals surface area contributed by atoms with Crippen molar-refractivity contribution in [3.05, 3.63) is 193 Å².